The minimum atomic E-state index is -1.09. The summed E-state index contributed by atoms with van der Waals surface area (Å²) < 4.78 is 5.29. The van der Waals surface area contributed by atoms with Crippen molar-refractivity contribution in [2.45, 2.75) is 69.1 Å². The molecular weight excluding hydrogens is 636 g/mol. The van der Waals surface area contributed by atoms with Crippen molar-refractivity contribution in [2.24, 2.45) is 5.73 Å². The van der Waals surface area contributed by atoms with E-state index in [0.29, 0.717) is 37.7 Å². The van der Waals surface area contributed by atoms with E-state index in [4.69, 9.17) is 10.5 Å². The number of carbonyl (C=O) groups excluding carboxylic acids is 4. The number of benzene rings is 3. The van der Waals surface area contributed by atoms with E-state index in [2.05, 4.69) is 10.6 Å². The highest BCUT2D eigenvalue weighted by Crippen LogP contribution is 2.20. The van der Waals surface area contributed by atoms with Crippen LogP contribution in [0.25, 0.3) is 0 Å². The number of rotatable bonds is 16. The van der Waals surface area contributed by atoms with Crippen LogP contribution < -0.4 is 16.4 Å². The fraction of sp³-hybridized carbons (Fsp3) is 0.361. The van der Waals surface area contributed by atoms with Crippen LogP contribution in [-0.2, 0) is 36.8 Å². The van der Waals surface area contributed by atoms with Crippen LogP contribution in [0.2, 0.25) is 0 Å². The average molecular weight is 679 g/mol. The minimum Gasteiger partial charge on any atom is -0.480 e. The fourth-order valence-electron chi connectivity index (χ4n) is 5.57. The Kier molecular flexibility index (Phi) is 15.1. The van der Waals surface area contributed by atoms with Gasteiger partial charge < -0.3 is 31.1 Å². The fourth-order valence-corrected chi connectivity index (χ4v) is 5.57. The van der Waals surface area contributed by atoms with Gasteiger partial charge in [0.05, 0.1) is 18.2 Å². The molecule has 0 bridgehead atoms. The SMILES string of the molecule is Cl.N[C@@H](CCCCOC(=O)c1ccccc1)C(=O)N[C@H](Cc1ccccc1)C(=O)N[C@@H](Cc1ccccc1)C(=O)N1CCC[C@@H]1C(=O)O. The molecule has 11 nitrogen and oxygen atoms in total. The largest absolute Gasteiger partial charge is 0.480 e. The molecule has 256 valence electrons. The van der Waals surface area contributed by atoms with Gasteiger partial charge in [0.2, 0.25) is 17.7 Å². The second-order valence-corrected chi connectivity index (χ2v) is 11.6. The van der Waals surface area contributed by atoms with Crippen LogP contribution in [-0.4, -0.2) is 77.0 Å². The number of carboxylic acid groups (broad SMARTS) is 1. The van der Waals surface area contributed by atoms with E-state index in [1.165, 1.54) is 4.90 Å². The molecule has 5 N–H and O–H groups in total. The number of likely N-dealkylation sites (tertiary alicyclic amines) is 1. The maximum atomic E-state index is 13.8. The Bertz CT molecular complexity index is 1490. The molecule has 3 aromatic rings. The lowest BCUT2D eigenvalue weighted by Gasteiger charge is -2.29. The zero-order valence-electron chi connectivity index (χ0n) is 26.7. The van der Waals surface area contributed by atoms with Crippen molar-refractivity contribution in [2.75, 3.05) is 13.2 Å². The smallest absolute Gasteiger partial charge is 0.338 e. The third-order valence-corrected chi connectivity index (χ3v) is 8.12. The van der Waals surface area contributed by atoms with Gasteiger partial charge in [-0.3, -0.25) is 14.4 Å². The monoisotopic (exact) mass is 678 g/mol. The van der Waals surface area contributed by atoms with E-state index >= 15 is 0 Å². The molecule has 1 saturated heterocycles. The Balaban J connectivity index is 0.00000625. The first-order valence-electron chi connectivity index (χ1n) is 15.9. The number of nitrogens with zero attached hydrogens (tertiary/aromatic N) is 1. The van der Waals surface area contributed by atoms with Gasteiger partial charge in [-0.2, -0.15) is 0 Å². The number of aliphatic carboxylic acids is 1. The van der Waals surface area contributed by atoms with E-state index in [1.54, 1.807) is 24.3 Å². The number of nitrogens with two attached hydrogens (primary N) is 1. The van der Waals surface area contributed by atoms with Gasteiger partial charge in [0, 0.05) is 19.4 Å². The molecule has 0 saturated carbocycles. The number of unbranched alkanes of at least 4 members (excludes halogenated alkanes) is 1. The highest BCUT2D eigenvalue weighted by atomic mass is 35.5. The highest BCUT2D eigenvalue weighted by Gasteiger charge is 2.38. The number of amides is 3. The number of nitrogens with one attached hydrogen (secondary N) is 2. The maximum absolute atomic E-state index is 13.8. The Morgan fingerprint density at radius 2 is 1.33 bits per heavy atom. The van der Waals surface area contributed by atoms with Crippen molar-refractivity contribution in [3.8, 4) is 0 Å². The predicted molar refractivity (Wildman–Crippen MR) is 182 cm³/mol. The molecule has 48 heavy (non-hydrogen) atoms. The molecule has 4 atom stereocenters. The number of carbonyl (C=O) groups is 5. The molecule has 1 heterocycles. The molecule has 3 aromatic carbocycles. The van der Waals surface area contributed by atoms with Crippen LogP contribution in [0, 0.1) is 0 Å². The van der Waals surface area contributed by atoms with Gasteiger partial charge in [0.15, 0.2) is 0 Å². The molecular formula is C36H43ClN4O7. The topological polar surface area (TPSA) is 168 Å². The van der Waals surface area contributed by atoms with E-state index in [0.717, 1.165) is 11.1 Å². The van der Waals surface area contributed by atoms with Gasteiger partial charge in [-0.15, -0.1) is 12.4 Å². The third-order valence-electron chi connectivity index (χ3n) is 8.12. The molecule has 0 radical (unpaired) electrons. The Hall–Kier alpha value is -4.74. The van der Waals surface area contributed by atoms with Crippen LogP contribution in [0.5, 0.6) is 0 Å². The van der Waals surface area contributed by atoms with Crippen molar-refractivity contribution in [1.29, 1.82) is 0 Å². The Morgan fingerprint density at radius 3 is 1.92 bits per heavy atom. The van der Waals surface area contributed by atoms with E-state index in [-0.39, 0.29) is 38.4 Å². The van der Waals surface area contributed by atoms with Crippen LogP contribution in [0.15, 0.2) is 91.0 Å². The van der Waals surface area contributed by atoms with Crippen molar-refractivity contribution in [1.82, 2.24) is 15.5 Å². The standard InChI is InChI=1S/C36H42N4O7.ClH/c37-28(19-10-11-22-47-36(46)27-17-8-3-9-18-27)32(41)38-29(23-25-13-4-1-5-14-25)33(42)39-30(24-26-15-6-2-7-16-26)34(43)40-21-12-20-31(40)35(44)45;/h1-9,13-18,28-31H,10-12,19-24,37H2,(H,38,41)(H,39,42)(H,44,45);1H/t28-,29+,30-,31+;/m0./s1. The van der Waals surface area contributed by atoms with Crippen molar-refractivity contribution in [3.05, 3.63) is 108 Å². The third kappa shape index (κ3) is 11.2. The number of carboxylic acids is 1. The van der Waals surface area contributed by atoms with Crippen LogP contribution in [0.4, 0.5) is 0 Å². The number of halogens is 1. The summed E-state index contributed by atoms with van der Waals surface area (Å²) in [6.07, 6.45) is 2.50. The summed E-state index contributed by atoms with van der Waals surface area (Å²) in [5.41, 5.74) is 8.24. The summed E-state index contributed by atoms with van der Waals surface area (Å²) in [6, 6.07) is 23.0. The molecule has 1 aliphatic rings. The highest BCUT2D eigenvalue weighted by molar-refractivity contribution is 5.94. The lowest BCUT2D eigenvalue weighted by Crippen LogP contribution is -2.58. The zero-order chi connectivity index (χ0) is 33.6. The van der Waals surface area contributed by atoms with Crippen LogP contribution in [0.3, 0.4) is 0 Å². The lowest BCUT2D eigenvalue weighted by molar-refractivity contribution is -0.149. The predicted octanol–water partition coefficient (Wildman–Crippen LogP) is 3.29. The summed E-state index contributed by atoms with van der Waals surface area (Å²) in [5, 5.41) is 15.3. The zero-order valence-corrected chi connectivity index (χ0v) is 27.5. The summed E-state index contributed by atoms with van der Waals surface area (Å²) in [4.78, 5) is 66.0. The second-order valence-electron chi connectivity index (χ2n) is 11.6. The van der Waals surface area contributed by atoms with Crippen molar-refractivity contribution in [3.63, 3.8) is 0 Å². The molecule has 0 unspecified atom stereocenters. The molecule has 1 fully saturated rings. The van der Waals surface area contributed by atoms with Gasteiger partial charge in [-0.1, -0.05) is 78.9 Å². The number of ether oxygens (including phenoxy) is 1. The molecule has 0 aliphatic carbocycles. The number of esters is 1. The molecule has 3 amide bonds. The molecule has 0 aromatic heterocycles. The van der Waals surface area contributed by atoms with Crippen molar-refractivity contribution >= 4 is 42.1 Å². The first kappa shape index (κ1) is 37.7. The quantitative estimate of drug-likeness (QED) is 0.132. The Labute approximate surface area is 286 Å². The van der Waals surface area contributed by atoms with Gasteiger partial charge in [-0.05, 0) is 55.4 Å². The average Bonchev–Trinajstić information content (AvgIpc) is 3.59. The lowest BCUT2D eigenvalue weighted by atomic mass is 10.0. The molecule has 0 spiro atoms. The van der Waals surface area contributed by atoms with E-state index in [1.807, 2.05) is 66.7 Å². The summed E-state index contributed by atoms with van der Waals surface area (Å²) in [6.45, 7) is 0.457. The summed E-state index contributed by atoms with van der Waals surface area (Å²) >= 11 is 0. The van der Waals surface area contributed by atoms with Gasteiger partial charge in [0.1, 0.15) is 18.1 Å². The van der Waals surface area contributed by atoms with Gasteiger partial charge >= 0.3 is 11.9 Å². The molecule has 4 rings (SSSR count). The molecule has 12 heteroatoms. The summed E-state index contributed by atoms with van der Waals surface area (Å²) in [5.74, 6) is -3.10. The van der Waals surface area contributed by atoms with Crippen LogP contribution in [0.1, 0.15) is 53.6 Å². The summed E-state index contributed by atoms with van der Waals surface area (Å²) in [7, 11) is 0. The molecule has 1 aliphatic heterocycles. The normalized spacial score (nSPS) is 15.7. The van der Waals surface area contributed by atoms with E-state index < -0.39 is 53.8 Å². The minimum absolute atomic E-state index is 0. The van der Waals surface area contributed by atoms with Gasteiger partial charge in [0.25, 0.3) is 0 Å². The second kappa shape index (κ2) is 19.2. The van der Waals surface area contributed by atoms with Gasteiger partial charge in [-0.25, -0.2) is 9.59 Å². The number of hydrogen-bond donors (Lipinski definition) is 4. The van der Waals surface area contributed by atoms with E-state index in [9.17, 15) is 29.1 Å². The first-order chi connectivity index (χ1) is 22.7. The maximum Gasteiger partial charge on any atom is 0.338 e. The van der Waals surface area contributed by atoms with Crippen molar-refractivity contribution < 1.29 is 33.8 Å². The Morgan fingerprint density at radius 1 is 0.792 bits per heavy atom. The van der Waals surface area contributed by atoms with Crippen LogP contribution >= 0.6 is 12.4 Å². The number of hydrogen-bond acceptors (Lipinski definition) is 7. The first-order valence-corrected chi connectivity index (χ1v) is 15.9.